The van der Waals surface area contributed by atoms with Crippen LogP contribution in [0, 0.1) is 0 Å². The molecule has 1 fully saturated rings. The quantitative estimate of drug-likeness (QED) is 0.673. The number of nitrogens with two attached hydrogens (primary N) is 1. The van der Waals surface area contributed by atoms with Gasteiger partial charge < -0.3 is 16.2 Å². The summed E-state index contributed by atoms with van der Waals surface area (Å²) in [5.74, 6) is 0.795. The number of nitrogens with one attached hydrogen (secondary N) is 1. The van der Waals surface area contributed by atoms with E-state index in [4.69, 9.17) is 10.8 Å². The number of hydrogen-bond acceptors (Lipinski definition) is 5. The molecule has 88 valence electrons. The Bertz CT molecular complexity index is 350. The normalized spacial score (nSPS) is 17.6. The third-order valence-electron chi connectivity index (χ3n) is 2.94. The molecule has 1 aromatic rings. The van der Waals surface area contributed by atoms with Crippen molar-refractivity contribution in [2.45, 2.75) is 25.2 Å². The second-order valence-corrected chi connectivity index (χ2v) is 4.14. The summed E-state index contributed by atoms with van der Waals surface area (Å²) in [7, 11) is 0. The zero-order chi connectivity index (χ0) is 11.4. The lowest BCUT2D eigenvalue weighted by atomic mass is 9.94. The largest absolute Gasteiger partial charge is 0.396 e. The van der Waals surface area contributed by atoms with E-state index in [1.807, 2.05) is 6.07 Å². The van der Waals surface area contributed by atoms with Gasteiger partial charge in [0.25, 0.3) is 0 Å². The zero-order valence-electron chi connectivity index (χ0n) is 9.32. The molecule has 5 nitrogen and oxygen atoms in total. The molecule has 0 unspecified atom stereocenters. The van der Waals surface area contributed by atoms with Gasteiger partial charge in [0.05, 0.1) is 0 Å². The summed E-state index contributed by atoms with van der Waals surface area (Å²) >= 11 is 0. The van der Waals surface area contributed by atoms with Crippen molar-refractivity contribution in [2.24, 2.45) is 0 Å². The van der Waals surface area contributed by atoms with Crippen LogP contribution < -0.4 is 11.1 Å². The summed E-state index contributed by atoms with van der Waals surface area (Å²) in [6, 6.07) is 1.97. The summed E-state index contributed by atoms with van der Waals surface area (Å²) in [5, 5.41) is 12.2. The van der Waals surface area contributed by atoms with Crippen LogP contribution in [0.1, 0.15) is 30.1 Å². The Morgan fingerprint density at radius 2 is 2.12 bits per heavy atom. The van der Waals surface area contributed by atoms with Crippen LogP contribution in [0.3, 0.4) is 0 Å². The van der Waals surface area contributed by atoms with Crippen molar-refractivity contribution in [1.29, 1.82) is 0 Å². The fourth-order valence-corrected chi connectivity index (χ4v) is 2.11. The van der Waals surface area contributed by atoms with E-state index >= 15 is 0 Å². The van der Waals surface area contributed by atoms with Crippen LogP contribution >= 0.6 is 0 Å². The first kappa shape index (κ1) is 11.3. The second kappa shape index (κ2) is 5.23. The number of nitrogen functional groups attached to an aromatic ring is 1. The van der Waals surface area contributed by atoms with Crippen LogP contribution in [0.15, 0.2) is 6.07 Å². The van der Waals surface area contributed by atoms with Gasteiger partial charge in [-0.15, -0.1) is 0 Å². The van der Waals surface area contributed by atoms with E-state index in [9.17, 15) is 0 Å². The van der Waals surface area contributed by atoms with E-state index < -0.39 is 0 Å². The van der Waals surface area contributed by atoms with Crippen molar-refractivity contribution in [3.8, 4) is 0 Å². The van der Waals surface area contributed by atoms with Crippen molar-refractivity contribution in [1.82, 2.24) is 15.3 Å². The summed E-state index contributed by atoms with van der Waals surface area (Å²) < 4.78 is 0. The van der Waals surface area contributed by atoms with Crippen LogP contribution in [-0.4, -0.2) is 34.8 Å². The van der Waals surface area contributed by atoms with Crippen LogP contribution in [0.4, 0.5) is 5.95 Å². The molecular weight excluding hydrogens is 204 g/mol. The van der Waals surface area contributed by atoms with E-state index in [0.717, 1.165) is 37.3 Å². The van der Waals surface area contributed by atoms with Crippen molar-refractivity contribution in [2.75, 3.05) is 25.4 Å². The predicted molar refractivity (Wildman–Crippen MR) is 62.1 cm³/mol. The Balaban J connectivity index is 2.18. The molecule has 0 aliphatic carbocycles. The zero-order valence-corrected chi connectivity index (χ0v) is 9.32. The van der Waals surface area contributed by atoms with E-state index in [0.29, 0.717) is 18.3 Å². The van der Waals surface area contributed by atoms with Gasteiger partial charge in [-0.25, -0.2) is 9.97 Å². The average molecular weight is 222 g/mol. The smallest absolute Gasteiger partial charge is 0.220 e. The number of nitrogens with zero attached hydrogens (tertiary/aromatic N) is 2. The maximum atomic E-state index is 8.90. The highest BCUT2D eigenvalue weighted by atomic mass is 16.3. The highest BCUT2D eigenvalue weighted by molar-refractivity contribution is 5.25. The SMILES string of the molecule is Nc1nc(CCO)cc(C2CCNCC2)n1. The number of aliphatic hydroxyl groups is 1. The predicted octanol–water partition coefficient (Wildman–Crippen LogP) is 0.0606. The molecule has 0 amide bonds. The molecule has 4 N–H and O–H groups in total. The van der Waals surface area contributed by atoms with Crippen molar-refractivity contribution in [3.63, 3.8) is 0 Å². The van der Waals surface area contributed by atoms with Gasteiger partial charge in [-0.3, -0.25) is 0 Å². The van der Waals surface area contributed by atoms with E-state index in [-0.39, 0.29) is 6.61 Å². The lowest BCUT2D eigenvalue weighted by molar-refractivity contribution is 0.298. The van der Waals surface area contributed by atoms with E-state index in [2.05, 4.69) is 15.3 Å². The highest BCUT2D eigenvalue weighted by Crippen LogP contribution is 2.24. The van der Waals surface area contributed by atoms with Crippen LogP contribution in [-0.2, 0) is 6.42 Å². The number of anilines is 1. The van der Waals surface area contributed by atoms with Crippen LogP contribution in [0.25, 0.3) is 0 Å². The van der Waals surface area contributed by atoms with Gasteiger partial charge in [0.15, 0.2) is 0 Å². The summed E-state index contributed by atoms with van der Waals surface area (Å²) in [4.78, 5) is 8.41. The molecule has 0 radical (unpaired) electrons. The van der Waals surface area contributed by atoms with E-state index in [1.165, 1.54) is 0 Å². The molecule has 1 aliphatic rings. The first-order chi connectivity index (χ1) is 7.79. The van der Waals surface area contributed by atoms with Crippen LogP contribution in [0.2, 0.25) is 0 Å². The van der Waals surface area contributed by atoms with Gasteiger partial charge >= 0.3 is 0 Å². The fraction of sp³-hybridized carbons (Fsp3) is 0.636. The highest BCUT2D eigenvalue weighted by Gasteiger charge is 2.17. The summed E-state index contributed by atoms with van der Waals surface area (Å²) in [6.07, 6.45) is 2.73. The molecule has 0 spiro atoms. The monoisotopic (exact) mass is 222 g/mol. The number of aliphatic hydroxyl groups excluding tert-OH is 1. The number of rotatable bonds is 3. The Morgan fingerprint density at radius 3 is 2.81 bits per heavy atom. The van der Waals surface area contributed by atoms with Gasteiger partial charge in [0, 0.05) is 30.3 Å². The molecule has 2 rings (SSSR count). The molecular formula is C11H18N4O. The molecule has 0 atom stereocenters. The molecule has 1 saturated heterocycles. The maximum Gasteiger partial charge on any atom is 0.220 e. The van der Waals surface area contributed by atoms with Gasteiger partial charge in [-0.2, -0.15) is 0 Å². The van der Waals surface area contributed by atoms with Gasteiger partial charge in [-0.1, -0.05) is 0 Å². The van der Waals surface area contributed by atoms with Crippen molar-refractivity contribution >= 4 is 5.95 Å². The molecule has 0 aromatic carbocycles. The molecule has 16 heavy (non-hydrogen) atoms. The lowest BCUT2D eigenvalue weighted by Gasteiger charge is -2.22. The minimum atomic E-state index is 0.0993. The van der Waals surface area contributed by atoms with Crippen molar-refractivity contribution in [3.05, 3.63) is 17.5 Å². The molecule has 1 aromatic heterocycles. The molecule has 0 saturated carbocycles. The van der Waals surface area contributed by atoms with Gasteiger partial charge in [0.2, 0.25) is 5.95 Å². The average Bonchev–Trinajstić information content (AvgIpc) is 2.30. The second-order valence-electron chi connectivity index (χ2n) is 4.14. The third kappa shape index (κ3) is 2.68. The van der Waals surface area contributed by atoms with Crippen molar-refractivity contribution < 1.29 is 5.11 Å². The molecule has 2 heterocycles. The minimum Gasteiger partial charge on any atom is -0.396 e. The Labute approximate surface area is 95.1 Å². The Morgan fingerprint density at radius 1 is 1.38 bits per heavy atom. The number of piperidine rings is 1. The Kier molecular flexibility index (Phi) is 3.69. The van der Waals surface area contributed by atoms with Gasteiger partial charge in [0.1, 0.15) is 0 Å². The maximum absolute atomic E-state index is 8.90. The number of aromatic nitrogens is 2. The topological polar surface area (TPSA) is 84.1 Å². The Hall–Kier alpha value is -1.20. The third-order valence-corrected chi connectivity index (χ3v) is 2.94. The summed E-state index contributed by atoms with van der Waals surface area (Å²) in [5.41, 5.74) is 7.54. The number of hydrogen-bond donors (Lipinski definition) is 3. The summed E-state index contributed by atoms with van der Waals surface area (Å²) in [6.45, 7) is 2.16. The van der Waals surface area contributed by atoms with Gasteiger partial charge in [-0.05, 0) is 32.0 Å². The molecule has 0 bridgehead atoms. The first-order valence-corrected chi connectivity index (χ1v) is 5.74. The first-order valence-electron chi connectivity index (χ1n) is 5.74. The van der Waals surface area contributed by atoms with Crippen LogP contribution in [0.5, 0.6) is 0 Å². The molecule has 5 heteroatoms. The fourth-order valence-electron chi connectivity index (χ4n) is 2.11. The minimum absolute atomic E-state index is 0.0993. The standard InChI is InChI=1S/C11H18N4O/c12-11-14-9(3-6-16)7-10(15-11)8-1-4-13-5-2-8/h7-8,13,16H,1-6H2,(H2,12,14,15). The molecule has 1 aliphatic heterocycles. The lowest BCUT2D eigenvalue weighted by Crippen LogP contribution is -2.27. The van der Waals surface area contributed by atoms with E-state index in [1.54, 1.807) is 0 Å².